The zero-order valence-electron chi connectivity index (χ0n) is 19.7. The van der Waals surface area contributed by atoms with Gasteiger partial charge in [0.15, 0.2) is 5.60 Å². The van der Waals surface area contributed by atoms with Crippen LogP contribution in [0.25, 0.3) is 5.69 Å². The maximum Gasteiger partial charge on any atom is 0.418 e. The summed E-state index contributed by atoms with van der Waals surface area (Å²) in [6, 6.07) is 11.8. The third kappa shape index (κ3) is 4.87. The number of fused-ring (bicyclic) bond motifs is 1. The van der Waals surface area contributed by atoms with Crippen LogP contribution in [0, 0.1) is 0 Å². The van der Waals surface area contributed by atoms with Gasteiger partial charge in [0.05, 0.1) is 25.0 Å². The van der Waals surface area contributed by atoms with E-state index in [1.165, 1.54) is 4.68 Å². The quantitative estimate of drug-likeness (QED) is 0.426. The number of anilines is 1. The van der Waals surface area contributed by atoms with E-state index in [0.717, 1.165) is 11.8 Å². The van der Waals surface area contributed by atoms with Crippen LogP contribution in [0.3, 0.4) is 0 Å². The molecular formula is C25H26ClF3N4O3. The first-order valence-electron chi connectivity index (χ1n) is 11.2. The summed E-state index contributed by atoms with van der Waals surface area (Å²) < 4.78 is 49.3. The van der Waals surface area contributed by atoms with E-state index in [0.29, 0.717) is 35.1 Å². The Hall–Kier alpha value is -3.24. The maximum atomic E-state index is 14.1. The number of nitrogens with one attached hydrogen (secondary N) is 1. The zero-order chi connectivity index (χ0) is 26.3. The second kappa shape index (κ2) is 9.33. The minimum Gasteiger partial charge on any atom is -0.493 e. The topological polar surface area (TPSA) is 102 Å². The van der Waals surface area contributed by atoms with Crippen LogP contribution < -0.4 is 15.8 Å². The smallest absolute Gasteiger partial charge is 0.418 e. The van der Waals surface area contributed by atoms with Crippen molar-refractivity contribution in [3.8, 4) is 11.4 Å². The number of nitrogen functional groups attached to an aromatic ring is 1. The molecule has 0 bridgehead atoms. The Labute approximate surface area is 211 Å². The average molecular weight is 523 g/mol. The van der Waals surface area contributed by atoms with E-state index in [4.69, 9.17) is 22.1 Å². The number of hydrogen-bond acceptors (Lipinski definition) is 5. The van der Waals surface area contributed by atoms with E-state index < -0.39 is 36.1 Å². The van der Waals surface area contributed by atoms with Crippen LogP contribution in [-0.4, -0.2) is 45.7 Å². The molecule has 0 unspecified atom stereocenters. The number of alkyl halides is 3. The first kappa shape index (κ1) is 25.8. The van der Waals surface area contributed by atoms with E-state index in [1.54, 1.807) is 50.2 Å². The van der Waals surface area contributed by atoms with Gasteiger partial charge >= 0.3 is 6.18 Å². The molecule has 0 radical (unpaired) electrons. The van der Waals surface area contributed by atoms with E-state index in [-0.39, 0.29) is 11.4 Å². The molecule has 7 nitrogen and oxygen atoms in total. The van der Waals surface area contributed by atoms with Gasteiger partial charge < -0.3 is 20.9 Å². The Kier molecular flexibility index (Phi) is 6.70. The number of carbonyl (C=O) groups excluding carboxylic acids is 1. The summed E-state index contributed by atoms with van der Waals surface area (Å²) in [7, 11) is 0. The molecule has 4 N–H and O–H groups in total. The Morgan fingerprint density at radius 2 is 1.92 bits per heavy atom. The van der Waals surface area contributed by atoms with Crippen molar-refractivity contribution in [2.75, 3.05) is 18.9 Å². The standard InChI is InChI=1S/C25H26ClF3N4O3/c1-23(2,19-5-3-4-15-10-11-36-20(15)19)13-24(35,25(27,28)29)14-31-22(34)18-12-32-33(21(18)30)17-8-6-16(26)7-9-17/h3-9,12,35H,10-11,13-14,30H2,1-2H3,(H,31,34)/t24-/m1/s1. The fraction of sp³-hybridized carbons (Fsp3) is 0.360. The Balaban J connectivity index is 1.54. The molecule has 4 rings (SSSR count). The molecule has 36 heavy (non-hydrogen) atoms. The Morgan fingerprint density at radius 1 is 1.22 bits per heavy atom. The second-order valence-electron chi connectivity index (χ2n) is 9.50. The molecule has 1 aliphatic rings. The van der Waals surface area contributed by atoms with Crippen molar-refractivity contribution in [3.05, 3.63) is 70.4 Å². The summed E-state index contributed by atoms with van der Waals surface area (Å²) in [5.74, 6) is -0.404. The molecule has 0 spiro atoms. The highest BCUT2D eigenvalue weighted by atomic mass is 35.5. The van der Waals surface area contributed by atoms with Gasteiger partial charge in [0.1, 0.15) is 17.1 Å². The lowest BCUT2D eigenvalue weighted by Crippen LogP contribution is -2.56. The number of benzene rings is 2. The van der Waals surface area contributed by atoms with Crippen molar-refractivity contribution in [3.63, 3.8) is 0 Å². The molecule has 2 heterocycles. The molecule has 1 amide bonds. The van der Waals surface area contributed by atoms with Crippen LogP contribution >= 0.6 is 11.6 Å². The number of aliphatic hydroxyl groups is 1. The molecule has 11 heteroatoms. The van der Waals surface area contributed by atoms with Gasteiger partial charge in [-0.3, -0.25) is 4.79 Å². The van der Waals surface area contributed by atoms with E-state index >= 15 is 0 Å². The number of aromatic nitrogens is 2. The van der Waals surface area contributed by atoms with Gasteiger partial charge in [-0.05, 0) is 41.7 Å². The normalized spacial score (nSPS) is 15.2. The molecular weight excluding hydrogens is 497 g/mol. The average Bonchev–Trinajstić information content (AvgIpc) is 3.43. The molecule has 0 aliphatic carbocycles. The van der Waals surface area contributed by atoms with Gasteiger partial charge in [0.25, 0.3) is 5.91 Å². The number of nitrogens with two attached hydrogens (primary N) is 1. The summed E-state index contributed by atoms with van der Waals surface area (Å²) >= 11 is 5.88. The molecule has 0 saturated carbocycles. The van der Waals surface area contributed by atoms with Crippen LogP contribution in [0.2, 0.25) is 5.02 Å². The first-order valence-corrected chi connectivity index (χ1v) is 11.6. The van der Waals surface area contributed by atoms with Gasteiger partial charge in [0.2, 0.25) is 0 Å². The predicted octanol–water partition coefficient (Wildman–Crippen LogP) is 4.43. The highest BCUT2D eigenvalue weighted by Gasteiger charge is 2.56. The van der Waals surface area contributed by atoms with Crippen LogP contribution in [0.5, 0.6) is 5.75 Å². The lowest BCUT2D eigenvalue weighted by atomic mass is 9.74. The minimum absolute atomic E-state index is 0.0669. The lowest BCUT2D eigenvalue weighted by Gasteiger charge is -2.38. The number of para-hydroxylation sites is 1. The minimum atomic E-state index is -5.02. The molecule has 0 saturated heterocycles. The molecule has 3 aromatic rings. The number of hydrogen-bond donors (Lipinski definition) is 3. The van der Waals surface area contributed by atoms with Gasteiger partial charge in [-0.15, -0.1) is 0 Å². The second-order valence-corrected chi connectivity index (χ2v) is 9.93. The van der Waals surface area contributed by atoms with E-state index in [1.807, 2.05) is 6.07 Å². The Morgan fingerprint density at radius 3 is 2.58 bits per heavy atom. The summed E-state index contributed by atoms with van der Waals surface area (Å²) in [6.45, 7) is 2.60. The zero-order valence-corrected chi connectivity index (χ0v) is 20.5. The van der Waals surface area contributed by atoms with Crippen molar-refractivity contribution in [2.24, 2.45) is 0 Å². The summed E-state index contributed by atoms with van der Waals surface area (Å²) in [4.78, 5) is 12.8. The highest BCUT2D eigenvalue weighted by molar-refractivity contribution is 6.30. The van der Waals surface area contributed by atoms with Crippen molar-refractivity contribution < 1.29 is 27.8 Å². The van der Waals surface area contributed by atoms with E-state index in [9.17, 15) is 23.1 Å². The lowest BCUT2D eigenvalue weighted by molar-refractivity contribution is -0.263. The van der Waals surface area contributed by atoms with Gasteiger partial charge in [-0.1, -0.05) is 43.6 Å². The van der Waals surface area contributed by atoms with Crippen molar-refractivity contribution in [1.82, 2.24) is 15.1 Å². The molecule has 1 atom stereocenters. The van der Waals surface area contributed by atoms with Crippen LogP contribution in [0.4, 0.5) is 19.0 Å². The van der Waals surface area contributed by atoms with Gasteiger partial charge in [-0.25, -0.2) is 4.68 Å². The van der Waals surface area contributed by atoms with Crippen molar-refractivity contribution in [2.45, 2.75) is 43.9 Å². The van der Waals surface area contributed by atoms with Gasteiger partial charge in [-0.2, -0.15) is 18.3 Å². The number of carbonyl (C=O) groups is 1. The van der Waals surface area contributed by atoms with Crippen LogP contribution in [0.15, 0.2) is 48.7 Å². The largest absolute Gasteiger partial charge is 0.493 e. The monoisotopic (exact) mass is 522 g/mol. The predicted molar refractivity (Wildman–Crippen MR) is 130 cm³/mol. The number of rotatable bonds is 7. The third-order valence-corrected chi connectivity index (χ3v) is 6.62. The van der Waals surface area contributed by atoms with Crippen LogP contribution in [0.1, 0.15) is 41.8 Å². The summed E-state index contributed by atoms with van der Waals surface area (Å²) in [6.07, 6.45) is -3.90. The fourth-order valence-corrected chi connectivity index (χ4v) is 4.61. The maximum absolute atomic E-state index is 14.1. The van der Waals surface area contributed by atoms with Gasteiger partial charge in [0, 0.05) is 17.0 Å². The number of ether oxygens (including phenoxy) is 1. The summed E-state index contributed by atoms with van der Waals surface area (Å²) in [5, 5.41) is 17.6. The first-order chi connectivity index (χ1) is 16.8. The molecule has 1 aliphatic heterocycles. The molecule has 1 aromatic heterocycles. The van der Waals surface area contributed by atoms with Crippen molar-refractivity contribution >= 4 is 23.3 Å². The molecule has 192 valence electrons. The Bertz CT molecular complexity index is 1270. The molecule has 2 aromatic carbocycles. The number of halogens is 4. The highest BCUT2D eigenvalue weighted by Crippen LogP contribution is 2.45. The van der Waals surface area contributed by atoms with Crippen LogP contribution in [-0.2, 0) is 11.8 Å². The van der Waals surface area contributed by atoms with E-state index in [2.05, 4.69) is 10.4 Å². The fourth-order valence-electron chi connectivity index (χ4n) is 4.48. The SMILES string of the molecule is CC(C)(C[C@@](O)(CNC(=O)c1cnn(-c2ccc(Cl)cc2)c1N)C(F)(F)F)c1cccc2c1OCC2. The van der Waals surface area contributed by atoms with Crippen molar-refractivity contribution in [1.29, 1.82) is 0 Å². The number of nitrogens with zero attached hydrogens (tertiary/aromatic N) is 2. The molecule has 0 fully saturated rings. The summed E-state index contributed by atoms with van der Waals surface area (Å²) in [5.41, 5.74) is 3.58. The number of amides is 1. The third-order valence-electron chi connectivity index (χ3n) is 6.37.